The predicted octanol–water partition coefficient (Wildman–Crippen LogP) is 2.47. The van der Waals surface area contributed by atoms with Crippen molar-refractivity contribution in [1.82, 2.24) is 25.0 Å². The van der Waals surface area contributed by atoms with E-state index in [0.717, 1.165) is 37.7 Å². The van der Waals surface area contributed by atoms with Gasteiger partial charge in [-0.05, 0) is 43.9 Å². The second-order valence-electron chi connectivity index (χ2n) is 7.81. The highest BCUT2D eigenvalue weighted by Gasteiger charge is 2.32. The number of urea groups is 1. The molecule has 0 radical (unpaired) electrons. The minimum absolute atomic E-state index is 0.0422. The lowest BCUT2D eigenvalue weighted by atomic mass is 9.96. The maximum atomic E-state index is 12.7. The van der Waals surface area contributed by atoms with Gasteiger partial charge in [-0.3, -0.25) is 9.78 Å². The van der Waals surface area contributed by atoms with Gasteiger partial charge in [-0.2, -0.15) is 8.42 Å². The Morgan fingerprint density at radius 1 is 1.09 bits per heavy atom. The minimum Gasteiger partial charge on any atom is -0.350 e. The van der Waals surface area contributed by atoms with Crippen LogP contribution in [0.3, 0.4) is 0 Å². The zero-order valence-corrected chi connectivity index (χ0v) is 19.0. The Morgan fingerprint density at radius 3 is 2.39 bits per heavy atom. The third-order valence-corrected chi connectivity index (χ3v) is 6.90. The molecule has 0 bridgehead atoms. The minimum atomic E-state index is -4.43. The van der Waals surface area contributed by atoms with E-state index in [9.17, 15) is 22.9 Å². The number of rotatable bonds is 8. The molecule has 1 saturated carbocycles. The summed E-state index contributed by atoms with van der Waals surface area (Å²) < 4.78 is 25.4. The summed E-state index contributed by atoms with van der Waals surface area (Å²) >= 11 is 0. The first-order valence-corrected chi connectivity index (χ1v) is 12.1. The SMILES string of the molecule is Cc1cnc(C(=O)NCCc2ccc(S(=O)(=O)N(N=O)C(=O)NC3CCCCC3)cc2)cn1. The van der Waals surface area contributed by atoms with Crippen molar-refractivity contribution in [1.29, 1.82) is 0 Å². The third kappa shape index (κ3) is 6.31. The summed E-state index contributed by atoms with van der Waals surface area (Å²) in [6.07, 6.45) is 7.74. The Hall–Kier alpha value is -3.41. The summed E-state index contributed by atoms with van der Waals surface area (Å²) in [4.78, 5) is 43.4. The predicted molar refractivity (Wildman–Crippen MR) is 119 cm³/mol. The molecule has 0 atom stereocenters. The number of sulfonamides is 1. The third-order valence-electron chi connectivity index (χ3n) is 5.34. The lowest BCUT2D eigenvalue weighted by Crippen LogP contribution is -2.45. The molecule has 0 spiro atoms. The lowest BCUT2D eigenvalue weighted by Gasteiger charge is -2.24. The van der Waals surface area contributed by atoms with Crippen LogP contribution in [0.5, 0.6) is 0 Å². The van der Waals surface area contributed by atoms with Gasteiger partial charge >= 0.3 is 6.03 Å². The van der Waals surface area contributed by atoms with Crippen LogP contribution in [0.25, 0.3) is 0 Å². The van der Waals surface area contributed by atoms with Crippen molar-refractivity contribution in [2.24, 2.45) is 5.29 Å². The van der Waals surface area contributed by atoms with Gasteiger partial charge in [-0.25, -0.2) is 9.78 Å². The van der Waals surface area contributed by atoms with Gasteiger partial charge in [0.05, 0.1) is 22.1 Å². The topological polar surface area (TPSA) is 151 Å². The fourth-order valence-electron chi connectivity index (χ4n) is 3.52. The zero-order chi connectivity index (χ0) is 23.8. The standard InChI is InChI=1S/C21H26N6O5S/c1-15-13-24-19(14-23-15)20(28)22-12-11-16-7-9-18(10-8-16)33(31,32)27(26-30)21(29)25-17-5-3-2-4-6-17/h7-10,13-14,17H,2-6,11-12H2,1H3,(H,22,28)(H,25,29). The summed E-state index contributed by atoms with van der Waals surface area (Å²) in [6, 6.07) is 4.46. The molecule has 1 aliphatic carbocycles. The number of benzene rings is 1. The fourth-order valence-corrected chi connectivity index (χ4v) is 4.55. The molecule has 176 valence electrons. The fraction of sp³-hybridized carbons (Fsp3) is 0.429. The van der Waals surface area contributed by atoms with E-state index in [1.165, 1.54) is 24.5 Å². The first kappa shape index (κ1) is 24.2. The van der Waals surface area contributed by atoms with Gasteiger partial charge in [0.2, 0.25) is 0 Å². The van der Waals surface area contributed by atoms with Gasteiger partial charge in [0, 0.05) is 18.8 Å². The molecule has 2 N–H and O–H groups in total. The van der Waals surface area contributed by atoms with E-state index in [1.54, 1.807) is 19.1 Å². The first-order chi connectivity index (χ1) is 15.8. The van der Waals surface area contributed by atoms with Crippen molar-refractivity contribution in [3.63, 3.8) is 0 Å². The molecule has 0 unspecified atom stereocenters. The number of aryl methyl sites for hydroxylation is 1. The molecule has 3 amide bonds. The van der Waals surface area contributed by atoms with Crippen LogP contribution in [0.15, 0.2) is 46.8 Å². The molecule has 11 nitrogen and oxygen atoms in total. The number of aromatic nitrogens is 2. The van der Waals surface area contributed by atoms with Crippen LogP contribution in [0.4, 0.5) is 4.79 Å². The van der Waals surface area contributed by atoms with Crippen LogP contribution in [0, 0.1) is 11.8 Å². The van der Waals surface area contributed by atoms with E-state index in [0.29, 0.717) is 18.7 Å². The van der Waals surface area contributed by atoms with Gasteiger partial charge in [0.25, 0.3) is 15.9 Å². The number of hydrogen-bond donors (Lipinski definition) is 2. The Labute approximate surface area is 192 Å². The lowest BCUT2D eigenvalue weighted by molar-refractivity contribution is 0.0948. The second-order valence-corrected chi connectivity index (χ2v) is 9.57. The van der Waals surface area contributed by atoms with Crippen molar-refractivity contribution >= 4 is 22.0 Å². The number of carbonyl (C=O) groups is 2. The smallest absolute Gasteiger partial charge is 0.350 e. The van der Waals surface area contributed by atoms with Gasteiger partial charge in [0.1, 0.15) is 5.69 Å². The average Bonchev–Trinajstić information content (AvgIpc) is 2.80. The molecule has 33 heavy (non-hydrogen) atoms. The number of carbonyl (C=O) groups excluding carboxylic acids is 2. The van der Waals surface area contributed by atoms with E-state index >= 15 is 0 Å². The van der Waals surface area contributed by atoms with Crippen molar-refractivity contribution < 1.29 is 18.0 Å². The molecule has 0 aliphatic heterocycles. The van der Waals surface area contributed by atoms with E-state index < -0.39 is 16.1 Å². The molecule has 1 aliphatic rings. The molecular weight excluding hydrogens is 448 g/mol. The summed E-state index contributed by atoms with van der Waals surface area (Å²) in [5, 5.41) is 7.74. The quantitative estimate of drug-likeness (QED) is 0.440. The normalized spacial score (nSPS) is 14.3. The van der Waals surface area contributed by atoms with Crippen LogP contribution in [-0.4, -0.2) is 47.3 Å². The Bertz CT molecular complexity index is 1080. The molecule has 2 aromatic rings. The van der Waals surface area contributed by atoms with Gasteiger partial charge < -0.3 is 10.6 Å². The first-order valence-electron chi connectivity index (χ1n) is 10.7. The highest BCUT2D eigenvalue weighted by Crippen LogP contribution is 2.20. The van der Waals surface area contributed by atoms with E-state index in [2.05, 4.69) is 25.9 Å². The average molecular weight is 475 g/mol. The van der Waals surface area contributed by atoms with Crippen LogP contribution in [0.1, 0.15) is 53.8 Å². The molecule has 1 aromatic carbocycles. The molecule has 1 aromatic heterocycles. The molecule has 3 rings (SSSR count). The van der Waals surface area contributed by atoms with E-state index in [1.807, 2.05) is 0 Å². The Balaban J connectivity index is 1.57. The summed E-state index contributed by atoms with van der Waals surface area (Å²) in [5.74, 6) is -0.363. The Kier molecular flexibility index (Phi) is 8.04. The van der Waals surface area contributed by atoms with Crippen molar-refractivity contribution in [3.8, 4) is 0 Å². The van der Waals surface area contributed by atoms with Crippen LogP contribution in [0.2, 0.25) is 0 Å². The van der Waals surface area contributed by atoms with Crippen LogP contribution < -0.4 is 10.6 Å². The summed E-state index contributed by atoms with van der Waals surface area (Å²) in [6.45, 7) is 2.07. The van der Waals surface area contributed by atoms with E-state index in [-0.39, 0.29) is 27.0 Å². The van der Waals surface area contributed by atoms with E-state index in [4.69, 9.17) is 0 Å². The van der Waals surface area contributed by atoms with Gasteiger partial charge in [-0.1, -0.05) is 35.8 Å². The largest absolute Gasteiger partial charge is 0.355 e. The molecule has 12 heteroatoms. The maximum absolute atomic E-state index is 12.7. The highest BCUT2D eigenvalue weighted by molar-refractivity contribution is 7.89. The van der Waals surface area contributed by atoms with Gasteiger partial charge in [-0.15, -0.1) is 4.91 Å². The van der Waals surface area contributed by atoms with Gasteiger partial charge in [0.15, 0.2) is 0 Å². The van der Waals surface area contributed by atoms with Crippen LogP contribution in [-0.2, 0) is 16.4 Å². The van der Waals surface area contributed by atoms with Crippen LogP contribution >= 0.6 is 0 Å². The number of amides is 3. The highest BCUT2D eigenvalue weighted by atomic mass is 32.2. The van der Waals surface area contributed by atoms with Crippen molar-refractivity contribution in [2.45, 2.75) is 56.4 Å². The summed E-state index contributed by atoms with van der Waals surface area (Å²) in [5.41, 5.74) is 1.66. The summed E-state index contributed by atoms with van der Waals surface area (Å²) in [7, 11) is -4.43. The van der Waals surface area contributed by atoms with Crippen molar-refractivity contribution in [2.75, 3.05) is 6.54 Å². The molecule has 0 saturated heterocycles. The second kappa shape index (κ2) is 10.9. The number of nitroso groups, excluding NO2 is 1. The Morgan fingerprint density at radius 2 is 1.79 bits per heavy atom. The molecule has 1 heterocycles. The number of hydrogen-bond acceptors (Lipinski definition) is 8. The molecule has 1 fully saturated rings. The maximum Gasteiger partial charge on any atom is 0.355 e. The van der Waals surface area contributed by atoms with Crippen molar-refractivity contribution in [3.05, 3.63) is 58.5 Å². The number of nitrogens with one attached hydrogen (secondary N) is 2. The molecular formula is C21H26N6O5S. The zero-order valence-electron chi connectivity index (χ0n) is 18.2. The number of nitrogens with zero attached hydrogens (tertiary/aromatic N) is 4. The monoisotopic (exact) mass is 474 g/mol.